The number of rotatable bonds is 2. The van der Waals surface area contributed by atoms with E-state index in [9.17, 15) is 0 Å². The summed E-state index contributed by atoms with van der Waals surface area (Å²) < 4.78 is 2.00. The summed E-state index contributed by atoms with van der Waals surface area (Å²) in [6.07, 6.45) is 1.81. The second-order valence-electron chi connectivity index (χ2n) is 5.45. The van der Waals surface area contributed by atoms with Gasteiger partial charge in [0.2, 0.25) is 0 Å². The van der Waals surface area contributed by atoms with Crippen LogP contribution in [-0.2, 0) is 7.05 Å². The van der Waals surface area contributed by atoms with E-state index >= 15 is 0 Å². The summed E-state index contributed by atoms with van der Waals surface area (Å²) in [5, 5.41) is 0.545. The van der Waals surface area contributed by atoms with Gasteiger partial charge in [-0.05, 0) is 31.2 Å². The van der Waals surface area contributed by atoms with Crippen molar-refractivity contribution in [3.8, 4) is 21.8 Å². The zero-order valence-corrected chi connectivity index (χ0v) is 13.6. The van der Waals surface area contributed by atoms with E-state index in [0.717, 1.165) is 38.6 Å². The topological polar surface area (TPSA) is 69.6 Å². The summed E-state index contributed by atoms with van der Waals surface area (Å²) in [6.45, 7) is 1.98. The van der Waals surface area contributed by atoms with Crippen LogP contribution in [0.15, 0.2) is 42.7 Å². The lowest BCUT2D eigenvalue weighted by Gasteiger charge is -2.04. The Balaban J connectivity index is 1.92. The molecule has 0 spiro atoms. The lowest BCUT2D eigenvalue weighted by atomic mass is 10.1. The number of pyridine rings is 1. The first kappa shape index (κ1) is 13.9. The molecular formula is C17H15N5S. The Morgan fingerprint density at radius 3 is 2.83 bits per heavy atom. The first-order valence-electron chi connectivity index (χ1n) is 7.23. The van der Waals surface area contributed by atoms with Gasteiger partial charge in [-0.15, -0.1) is 0 Å². The molecule has 0 saturated heterocycles. The number of hydrogen-bond acceptors (Lipinski definition) is 5. The number of benzene rings is 1. The van der Waals surface area contributed by atoms with Gasteiger partial charge in [-0.3, -0.25) is 4.98 Å². The Hall–Kier alpha value is -2.73. The summed E-state index contributed by atoms with van der Waals surface area (Å²) in [7, 11) is 1.98. The average molecular weight is 321 g/mol. The van der Waals surface area contributed by atoms with Gasteiger partial charge < -0.3 is 10.3 Å². The third-order valence-electron chi connectivity index (χ3n) is 3.76. The van der Waals surface area contributed by atoms with Gasteiger partial charge in [0.05, 0.1) is 33.6 Å². The smallest absolute Gasteiger partial charge is 0.181 e. The lowest BCUT2D eigenvalue weighted by Crippen LogP contribution is -1.89. The number of anilines is 1. The van der Waals surface area contributed by atoms with Gasteiger partial charge in [-0.25, -0.2) is 9.97 Å². The number of nitrogen functional groups attached to an aromatic ring is 1. The molecule has 0 bridgehead atoms. The van der Waals surface area contributed by atoms with Gasteiger partial charge in [0.1, 0.15) is 0 Å². The summed E-state index contributed by atoms with van der Waals surface area (Å²) in [5.41, 5.74) is 11.8. The first-order valence-corrected chi connectivity index (χ1v) is 8.05. The van der Waals surface area contributed by atoms with Gasteiger partial charge in [0.25, 0.3) is 0 Å². The highest BCUT2D eigenvalue weighted by molar-refractivity contribution is 7.19. The molecule has 4 aromatic rings. The fourth-order valence-electron chi connectivity index (χ4n) is 2.65. The molecule has 4 rings (SSSR count). The molecular weight excluding hydrogens is 306 g/mol. The summed E-state index contributed by atoms with van der Waals surface area (Å²) in [6, 6.07) is 12.1. The number of nitrogens with zero attached hydrogens (tertiary/aromatic N) is 4. The van der Waals surface area contributed by atoms with Crippen LogP contribution in [0.2, 0.25) is 0 Å². The Bertz CT molecular complexity index is 1010. The predicted molar refractivity (Wildman–Crippen MR) is 94.2 cm³/mol. The molecule has 6 heteroatoms. The molecule has 3 heterocycles. The Morgan fingerprint density at radius 1 is 1.13 bits per heavy atom. The van der Waals surface area contributed by atoms with Crippen LogP contribution in [0.3, 0.4) is 0 Å². The van der Waals surface area contributed by atoms with E-state index < -0.39 is 0 Å². The van der Waals surface area contributed by atoms with Crippen LogP contribution in [-0.4, -0.2) is 19.5 Å². The molecule has 0 aliphatic heterocycles. The van der Waals surface area contributed by atoms with Gasteiger partial charge in [-0.2, -0.15) is 0 Å². The van der Waals surface area contributed by atoms with Crippen LogP contribution in [0.25, 0.3) is 32.9 Å². The molecule has 23 heavy (non-hydrogen) atoms. The van der Waals surface area contributed by atoms with E-state index in [-0.39, 0.29) is 0 Å². The lowest BCUT2D eigenvalue weighted by molar-refractivity contribution is 0.948. The predicted octanol–water partition coefficient (Wildman–Crippen LogP) is 3.65. The van der Waals surface area contributed by atoms with Crippen molar-refractivity contribution in [2.24, 2.45) is 7.05 Å². The number of aromatic nitrogens is 4. The van der Waals surface area contributed by atoms with E-state index in [2.05, 4.69) is 21.0 Å². The number of aryl methyl sites for hydroxylation is 2. The van der Waals surface area contributed by atoms with E-state index in [1.807, 2.05) is 55.2 Å². The number of thiazole rings is 1. The first-order chi connectivity index (χ1) is 11.1. The maximum Gasteiger partial charge on any atom is 0.181 e. The average Bonchev–Trinajstić information content (AvgIpc) is 3.11. The molecule has 0 aliphatic rings. The summed E-state index contributed by atoms with van der Waals surface area (Å²) in [4.78, 5) is 14.5. The zero-order valence-electron chi connectivity index (χ0n) is 12.8. The highest BCUT2D eigenvalue weighted by Crippen LogP contribution is 2.37. The van der Waals surface area contributed by atoms with Crippen molar-refractivity contribution in [2.75, 3.05) is 5.73 Å². The molecule has 2 N–H and O–H groups in total. The number of nitrogens with two attached hydrogens (primary N) is 1. The van der Waals surface area contributed by atoms with Crippen LogP contribution in [0.4, 0.5) is 5.13 Å². The molecule has 5 nitrogen and oxygen atoms in total. The van der Waals surface area contributed by atoms with Crippen molar-refractivity contribution in [3.63, 3.8) is 0 Å². The van der Waals surface area contributed by atoms with E-state index in [4.69, 9.17) is 5.73 Å². The molecule has 114 valence electrons. The van der Waals surface area contributed by atoms with Crippen LogP contribution >= 0.6 is 11.3 Å². The fraction of sp³-hybridized carbons (Fsp3) is 0.118. The van der Waals surface area contributed by atoms with Crippen LogP contribution in [0.1, 0.15) is 5.69 Å². The maximum absolute atomic E-state index is 5.98. The van der Waals surface area contributed by atoms with E-state index in [1.54, 1.807) is 0 Å². The monoisotopic (exact) mass is 321 g/mol. The Labute approximate surface area is 137 Å². The third-order valence-corrected chi connectivity index (χ3v) is 4.67. The van der Waals surface area contributed by atoms with Gasteiger partial charge in [-0.1, -0.05) is 23.5 Å². The van der Waals surface area contributed by atoms with Gasteiger partial charge in [0, 0.05) is 18.3 Å². The minimum atomic E-state index is 0.545. The SMILES string of the molecule is Cc1cccc(-c2sc(N)nc2-c2ccc3ncn(C)c3c2)n1. The van der Waals surface area contributed by atoms with Gasteiger partial charge in [0.15, 0.2) is 5.13 Å². The van der Waals surface area contributed by atoms with Crippen molar-refractivity contribution in [1.82, 2.24) is 19.5 Å². The summed E-state index contributed by atoms with van der Waals surface area (Å²) >= 11 is 1.46. The molecule has 0 fully saturated rings. The second kappa shape index (κ2) is 5.17. The normalized spacial score (nSPS) is 11.2. The molecule has 0 radical (unpaired) electrons. The third kappa shape index (κ3) is 2.37. The van der Waals surface area contributed by atoms with E-state index in [0.29, 0.717) is 5.13 Å². The second-order valence-corrected chi connectivity index (χ2v) is 6.48. The fourth-order valence-corrected chi connectivity index (χ4v) is 3.47. The standard InChI is InChI=1S/C17H15N5S/c1-10-4-3-5-13(20-10)16-15(21-17(18)23-16)11-6-7-12-14(8-11)22(2)9-19-12/h3-9H,1-2H3,(H2,18,21). The zero-order chi connectivity index (χ0) is 16.0. The number of hydrogen-bond donors (Lipinski definition) is 1. The van der Waals surface area contributed by atoms with Crippen molar-refractivity contribution >= 4 is 27.5 Å². The molecule has 0 aliphatic carbocycles. The van der Waals surface area contributed by atoms with Crippen LogP contribution in [0, 0.1) is 6.92 Å². The molecule has 0 saturated carbocycles. The highest BCUT2D eigenvalue weighted by atomic mass is 32.1. The molecule has 3 aromatic heterocycles. The number of fused-ring (bicyclic) bond motifs is 1. The highest BCUT2D eigenvalue weighted by Gasteiger charge is 2.16. The molecule has 1 aromatic carbocycles. The van der Waals surface area contributed by atoms with Crippen LogP contribution in [0.5, 0.6) is 0 Å². The van der Waals surface area contributed by atoms with Gasteiger partial charge >= 0.3 is 0 Å². The molecule has 0 atom stereocenters. The Kier molecular flexibility index (Phi) is 3.12. The van der Waals surface area contributed by atoms with Crippen LogP contribution < -0.4 is 5.73 Å². The number of imidazole rings is 1. The Morgan fingerprint density at radius 2 is 2.00 bits per heavy atom. The summed E-state index contributed by atoms with van der Waals surface area (Å²) in [5.74, 6) is 0. The van der Waals surface area contributed by atoms with Crippen molar-refractivity contribution < 1.29 is 0 Å². The largest absolute Gasteiger partial charge is 0.375 e. The maximum atomic E-state index is 5.98. The molecule has 0 unspecified atom stereocenters. The quantitative estimate of drug-likeness (QED) is 0.612. The minimum Gasteiger partial charge on any atom is -0.375 e. The van der Waals surface area contributed by atoms with Crippen molar-refractivity contribution in [3.05, 3.63) is 48.4 Å². The molecule has 0 amide bonds. The van der Waals surface area contributed by atoms with E-state index in [1.165, 1.54) is 11.3 Å². The minimum absolute atomic E-state index is 0.545. The van der Waals surface area contributed by atoms with Crippen molar-refractivity contribution in [1.29, 1.82) is 0 Å². The van der Waals surface area contributed by atoms with Crippen molar-refractivity contribution in [2.45, 2.75) is 6.92 Å².